The van der Waals surface area contributed by atoms with E-state index in [4.69, 9.17) is 0 Å². The summed E-state index contributed by atoms with van der Waals surface area (Å²) in [5.74, 6) is 0.254. The third kappa shape index (κ3) is 4.68. The monoisotopic (exact) mass is 428 g/mol. The van der Waals surface area contributed by atoms with Crippen LogP contribution in [-0.4, -0.2) is 23.9 Å². The molecule has 2 heterocycles. The van der Waals surface area contributed by atoms with Crippen LogP contribution in [0.4, 0.5) is 0 Å². The zero-order chi connectivity index (χ0) is 15.4. The van der Waals surface area contributed by atoms with E-state index < -0.39 is 0 Å². The first-order valence-corrected chi connectivity index (χ1v) is 9.06. The molecule has 2 bridgehead atoms. The molecule has 0 radical (unpaired) electrons. The number of carbonyl (C=O) groups excluding carboxylic acids is 1. The lowest BCUT2D eigenvalue weighted by molar-refractivity contribution is -0.679. The molecular formula is C19H29IN2O. The lowest BCUT2D eigenvalue weighted by Gasteiger charge is -2.17. The van der Waals surface area contributed by atoms with E-state index in [0.717, 1.165) is 44.3 Å². The predicted octanol–water partition coefficient (Wildman–Crippen LogP) is 0.190. The Bertz CT molecular complexity index is 538. The summed E-state index contributed by atoms with van der Waals surface area (Å²) in [5.41, 5.74) is 3.62. The summed E-state index contributed by atoms with van der Waals surface area (Å²) in [6.07, 6.45) is 14.4. The highest BCUT2D eigenvalue weighted by Gasteiger charge is 2.25. The molecule has 1 aromatic rings. The average molecular weight is 428 g/mol. The molecule has 0 aromatic carbocycles. The molecular weight excluding hydrogens is 399 g/mol. The number of aryl methyl sites for hydroxylation is 3. The van der Waals surface area contributed by atoms with E-state index in [1.165, 1.54) is 49.8 Å². The highest BCUT2D eigenvalue weighted by atomic mass is 127. The second-order valence-electron chi connectivity index (χ2n) is 6.94. The summed E-state index contributed by atoms with van der Waals surface area (Å²) in [6, 6.07) is 2.31. The molecule has 4 heteroatoms. The molecule has 0 unspecified atom stereocenters. The lowest BCUT2D eigenvalue weighted by atomic mass is 10.0. The number of amides is 1. The van der Waals surface area contributed by atoms with Crippen LogP contribution in [0.25, 0.3) is 0 Å². The zero-order valence-electron chi connectivity index (χ0n) is 14.3. The van der Waals surface area contributed by atoms with E-state index in [-0.39, 0.29) is 29.9 Å². The van der Waals surface area contributed by atoms with Gasteiger partial charge in [0.1, 0.15) is 12.6 Å². The van der Waals surface area contributed by atoms with E-state index in [0.29, 0.717) is 0 Å². The Labute approximate surface area is 157 Å². The predicted molar refractivity (Wildman–Crippen MR) is 87.9 cm³/mol. The first-order chi connectivity index (χ1) is 10.8. The third-order valence-corrected chi connectivity index (χ3v) is 5.22. The minimum Gasteiger partial charge on any atom is -1.00 e. The van der Waals surface area contributed by atoms with Gasteiger partial charge < -0.3 is 28.9 Å². The summed E-state index contributed by atoms with van der Waals surface area (Å²) in [6.45, 7) is 1.87. The number of carbonyl (C=O) groups is 1. The molecule has 3 rings (SSSR count). The van der Waals surface area contributed by atoms with Gasteiger partial charge in [0.05, 0.1) is 0 Å². The van der Waals surface area contributed by atoms with E-state index in [1.54, 1.807) is 0 Å². The molecule has 0 atom stereocenters. The fourth-order valence-electron chi connectivity index (χ4n) is 3.81. The SMILES string of the molecule is C[n+]1cc(C(=O)N2CCCC2)c2cc1CCCCCCCC2.[I-]. The van der Waals surface area contributed by atoms with Crippen LogP contribution in [0, 0.1) is 0 Å². The summed E-state index contributed by atoms with van der Waals surface area (Å²) in [5, 5.41) is 0. The van der Waals surface area contributed by atoms with Gasteiger partial charge in [-0.05, 0) is 37.7 Å². The Balaban J connectivity index is 0.00000192. The Morgan fingerprint density at radius 3 is 2.26 bits per heavy atom. The van der Waals surface area contributed by atoms with Crippen molar-refractivity contribution in [2.45, 2.75) is 64.2 Å². The smallest absolute Gasteiger partial charge is 0.260 e. The van der Waals surface area contributed by atoms with Crippen molar-refractivity contribution in [3.05, 3.63) is 29.1 Å². The maximum absolute atomic E-state index is 12.8. The molecule has 1 amide bonds. The van der Waals surface area contributed by atoms with Crippen LogP contribution in [0.1, 0.15) is 73.0 Å². The van der Waals surface area contributed by atoms with Crippen LogP contribution in [0.2, 0.25) is 0 Å². The highest BCUT2D eigenvalue weighted by Crippen LogP contribution is 2.20. The van der Waals surface area contributed by atoms with Gasteiger partial charge in [-0.2, -0.15) is 0 Å². The van der Waals surface area contributed by atoms with Gasteiger partial charge in [-0.3, -0.25) is 4.79 Å². The summed E-state index contributed by atoms with van der Waals surface area (Å²) >= 11 is 0. The van der Waals surface area contributed by atoms with Crippen molar-refractivity contribution in [2.75, 3.05) is 13.1 Å². The number of pyridine rings is 1. The van der Waals surface area contributed by atoms with Gasteiger partial charge in [0.2, 0.25) is 0 Å². The number of hydrogen-bond donors (Lipinski definition) is 0. The van der Waals surface area contributed by atoms with Gasteiger partial charge in [0.25, 0.3) is 5.91 Å². The first-order valence-electron chi connectivity index (χ1n) is 9.06. The van der Waals surface area contributed by atoms with Crippen molar-refractivity contribution < 1.29 is 33.3 Å². The Kier molecular flexibility index (Phi) is 7.31. The van der Waals surface area contributed by atoms with E-state index in [2.05, 4.69) is 23.9 Å². The number of rotatable bonds is 1. The molecule has 1 saturated heterocycles. The number of likely N-dealkylation sites (tertiary alicyclic amines) is 1. The van der Waals surface area contributed by atoms with Crippen molar-refractivity contribution in [3.8, 4) is 0 Å². The molecule has 1 fully saturated rings. The first kappa shape index (κ1) is 18.7. The van der Waals surface area contributed by atoms with Crippen LogP contribution in [0.5, 0.6) is 0 Å². The molecule has 1 aliphatic heterocycles. The maximum Gasteiger partial charge on any atom is 0.260 e. The standard InChI is InChI=1S/C19H29N2O.HI/c1-20-15-18(19(22)21-12-8-9-13-21)16-10-6-4-2-3-5-7-11-17(20)14-16;/h14-15H,2-13H2,1H3;1H/q+1;/p-1. The molecule has 1 aliphatic carbocycles. The third-order valence-electron chi connectivity index (χ3n) is 5.22. The van der Waals surface area contributed by atoms with E-state index >= 15 is 0 Å². The molecule has 2 aliphatic rings. The maximum atomic E-state index is 12.8. The van der Waals surface area contributed by atoms with Gasteiger partial charge in [0.15, 0.2) is 11.9 Å². The number of aromatic nitrogens is 1. The zero-order valence-corrected chi connectivity index (χ0v) is 16.5. The van der Waals surface area contributed by atoms with Crippen LogP contribution < -0.4 is 28.5 Å². The Hall–Kier alpha value is -0.650. The Morgan fingerprint density at radius 1 is 0.957 bits per heavy atom. The van der Waals surface area contributed by atoms with Crippen molar-refractivity contribution >= 4 is 5.91 Å². The second kappa shape index (κ2) is 9.00. The van der Waals surface area contributed by atoms with Gasteiger partial charge in [-0.25, -0.2) is 4.57 Å². The van der Waals surface area contributed by atoms with Crippen LogP contribution in [-0.2, 0) is 19.9 Å². The van der Waals surface area contributed by atoms with Gasteiger partial charge in [-0.1, -0.05) is 25.7 Å². The fraction of sp³-hybridized carbons (Fsp3) is 0.684. The number of fused-ring (bicyclic) bond motifs is 2. The lowest BCUT2D eigenvalue weighted by Crippen LogP contribution is -3.00. The molecule has 1 aromatic heterocycles. The minimum absolute atomic E-state index is 0. The number of hydrogen-bond acceptors (Lipinski definition) is 1. The summed E-state index contributed by atoms with van der Waals surface area (Å²) in [4.78, 5) is 14.9. The van der Waals surface area contributed by atoms with Crippen molar-refractivity contribution in [3.63, 3.8) is 0 Å². The van der Waals surface area contributed by atoms with Crippen LogP contribution in [0.3, 0.4) is 0 Å². The second-order valence-corrected chi connectivity index (χ2v) is 6.94. The van der Waals surface area contributed by atoms with Gasteiger partial charge in [-0.15, -0.1) is 0 Å². The number of halogens is 1. The molecule has 0 saturated carbocycles. The molecule has 23 heavy (non-hydrogen) atoms. The van der Waals surface area contributed by atoms with E-state index in [9.17, 15) is 4.79 Å². The largest absolute Gasteiger partial charge is 1.00 e. The van der Waals surface area contributed by atoms with Crippen LogP contribution >= 0.6 is 0 Å². The molecule has 128 valence electrons. The Morgan fingerprint density at radius 2 is 1.57 bits per heavy atom. The molecule has 3 nitrogen and oxygen atoms in total. The number of nitrogens with zero attached hydrogens (tertiary/aromatic N) is 2. The molecule has 0 N–H and O–H groups in total. The van der Waals surface area contributed by atoms with Crippen molar-refractivity contribution in [2.24, 2.45) is 7.05 Å². The van der Waals surface area contributed by atoms with Crippen LogP contribution in [0.15, 0.2) is 12.3 Å². The van der Waals surface area contributed by atoms with Crippen molar-refractivity contribution in [1.29, 1.82) is 0 Å². The normalized spacial score (nSPS) is 18.9. The highest BCUT2D eigenvalue weighted by molar-refractivity contribution is 5.95. The quantitative estimate of drug-likeness (QED) is 0.463. The topological polar surface area (TPSA) is 24.2 Å². The average Bonchev–Trinajstić information content (AvgIpc) is 3.03. The van der Waals surface area contributed by atoms with Gasteiger partial charge in [0, 0.05) is 25.6 Å². The van der Waals surface area contributed by atoms with Crippen molar-refractivity contribution in [1.82, 2.24) is 4.90 Å². The summed E-state index contributed by atoms with van der Waals surface area (Å²) in [7, 11) is 2.10. The van der Waals surface area contributed by atoms with E-state index in [1.807, 2.05) is 4.90 Å². The molecule has 0 spiro atoms. The summed E-state index contributed by atoms with van der Waals surface area (Å²) < 4.78 is 2.19. The van der Waals surface area contributed by atoms with Gasteiger partial charge >= 0.3 is 0 Å². The minimum atomic E-state index is 0. The fourth-order valence-corrected chi connectivity index (χ4v) is 3.81.